The first-order valence-corrected chi connectivity index (χ1v) is 9.39. The van der Waals surface area contributed by atoms with Crippen LogP contribution in [0, 0.1) is 6.92 Å². The van der Waals surface area contributed by atoms with Gasteiger partial charge >= 0.3 is 0 Å². The number of nitrogens with zero attached hydrogens (tertiary/aromatic N) is 2. The van der Waals surface area contributed by atoms with E-state index in [0.717, 1.165) is 55.8 Å². The average Bonchev–Trinajstić information content (AvgIpc) is 2.93. The Kier molecular flexibility index (Phi) is 11.1. The highest BCUT2D eigenvalue weighted by molar-refractivity contribution is 6.30. The van der Waals surface area contributed by atoms with Crippen LogP contribution in [0.1, 0.15) is 38.2 Å². The molecule has 1 aromatic carbocycles. The number of nitrogens with one attached hydrogen (secondary N) is 2. The van der Waals surface area contributed by atoms with Gasteiger partial charge in [0, 0.05) is 31.6 Å². The van der Waals surface area contributed by atoms with E-state index >= 15 is 0 Å². The lowest BCUT2D eigenvalue weighted by atomic mass is 10.2. The van der Waals surface area contributed by atoms with Gasteiger partial charge in [0.1, 0.15) is 5.84 Å². The number of amidine groups is 1. The van der Waals surface area contributed by atoms with E-state index in [4.69, 9.17) is 11.6 Å². The zero-order valence-corrected chi connectivity index (χ0v) is 16.4. The lowest BCUT2D eigenvalue weighted by Gasteiger charge is -2.14. The number of halogens is 1. The monoisotopic (exact) mass is 366 g/mol. The van der Waals surface area contributed by atoms with Crippen LogP contribution in [0.2, 0.25) is 5.02 Å². The molecule has 0 spiro atoms. The molecule has 6 heteroatoms. The third-order valence-corrected chi connectivity index (χ3v) is 4.15. The molecule has 0 radical (unpaired) electrons. The van der Waals surface area contributed by atoms with Gasteiger partial charge in [-0.3, -0.25) is 4.79 Å². The van der Waals surface area contributed by atoms with E-state index in [1.807, 2.05) is 25.1 Å². The van der Waals surface area contributed by atoms with Crippen molar-refractivity contribution >= 4 is 29.5 Å². The quantitative estimate of drug-likeness (QED) is 0.476. The number of hydrogen-bond donors (Lipinski definition) is 2. The Hall–Kier alpha value is -1.43. The van der Waals surface area contributed by atoms with Crippen molar-refractivity contribution in [3.63, 3.8) is 0 Å². The van der Waals surface area contributed by atoms with Gasteiger partial charge in [-0.05, 0) is 56.6 Å². The number of aryl methyl sites for hydroxylation is 1. The summed E-state index contributed by atoms with van der Waals surface area (Å²) < 4.78 is 0. The molecule has 25 heavy (non-hydrogen) atoms. The van der Waals surface area contributed by atoms with Gasteiger partial charge in [0.25, 0.3) is 0 Å². The van der Waals surface area contributed by atoms with Crippen LogP contribution in [0.5, 0.6) is 0 Å². The third kappa shape index (κ3) is 9.00. The van der Waals surface area contributed by atoms with E-state index in [1.165, 1.54) is 24.4 Å². The molecule has 1 aromatic rings. The van der Waals surface area contributed by atoms with Crippen molar-refractivity contribution in [1.82, 2.24) is 15.5 Å². The molecule has 5 nitrogen and oxygen atoms in total. The van der Waals surface area contributed by atoms with Gasteiger partial charge in [-0.15, -0.1) is 0 Å². The fraction of sp³-hybridized carbons (Fsp3) is 0.579. The van der Waals surface area contributed by atoms with Crippen molar-refractivity contribution in [2.75, 3.05) is 33.2 Å². The first-order valence-electron chi connectivity index (χ1n) is 9.01. The maximum Gasteiger partial charge on any atom is 0.214 e. The smallest absolute Gasteiger partial charge is 0.214 e. The minimum atomic E-state index is 0.699. The zero-order chi connectivity index (χ0) is 18.5. The summed E-state index contributed by atoms with van der Waals surface area (Å²) in [7, 11) is 1.73. The van der Waals surface area contributed by atoms with E-state index in [9.17, 15) is 4.79 Å². The summed E-state index contributed by atoms with van der Waals surface area (Å²) in [5, 5.41) is 7.27. The van der Waals surface area contributed by atoms with Crippen molar-refractivity contribution in [1.29, 1.82) is 0 Å². The van der Waals surface area contributed by atoms with Crippen molar-refractivity contribution < 1.29 is 4.79 Å². The van der Waals surface area contributed by atoms with Gasteiger partial charge < -0.3 is 15.5 Å². The lowest BCUT2D eigenvalue weighted by Crippen LogP contribution is -2.24. The Morgan fingerprint density at radius 1 is 1.28 bits per heavy atom. The van der Waals surface area contributed by atoms with E-state index in [0.29, 0.717) is 5.02 Å². The SMILES string of the molecule is C1CNCCNC1.CCCCC(=Nc1ccc(Cl)cc1C)N(C)C=O. The Morgan fingerprint density at radius 2 is 1.96 bits per heavy atom. The highest BCUT2D eigenvalue weighted by Gasteiger charge is 2.06. The second-order valence-electron chi connectivity index (χ2n) is 6.13. The van der Waals surface area contributed by atoms with Crippen LogP contribution in [0.15, 0.2) is 23.2 Å². The van der Waals surface area contributed by atoms with Gasteiger partial charge in [0.15, 0.2) is 0 Å². The first-order chi connectivity index (χ1) is 12.1. The molecule has 0 aliphatic carbocycles. The second-order valence-corrected chi connectivity index (χ2v) is 6.57. The predicted molar refractivity (Wildman–Crippen MR) is 107 cm³/mol. The number of amides is 1. The number of rotatable bonds is 5. The minimum Gasteiger partial charge on any atom is -0.315 e. The van der Waals surface area contributed by atoms with Crippen LogP contribution in [0.25, 0.3) is 0 Å². The molecule has 2 N–H and O–H groups in total. The summed E-state index contributed by atoms with van der Waals surface area (Å²) in [6.07, 6.45) is 4.96. The Labute approximate surface area is 156 Å². The molecule has 0 bridgehead atoms. The molecular formula is C19H31ClN4O. The number of hydrogen-bond acceptors (Lipinski definition) is 4. The Balaban J connectivity index is 0.000000370. The van der Waals surface area contributed by atoms with Crippen LogP contribution < -0.4 is 10.6 Å². The summed E-state index contributed by atoms with van der Waals surface area (Å²) in [4.78, 5) is 17.0. The molecular weight excluding hydrogens is 336 g/mol. The Morgan fingerprint density at radius 3 is 2.52 bits per heavy atom. The molecule has 140 valence electrons. The summed E-state index contributed by atoms with van der Waals surface area (Å²) in [5.74, 6) is 0.789. The van der Waals surface area contributed by atoms with Gasteiger partial charge in [-0.1, -0.05) is 24.9 Å². The molecule has 0 aromatic heterocycles. The van der Waals surface area contributed by atoms with Crippen LogP contribution >= 0.6 is 11.6 Å². The van der Waals surface area contributed by atoms with Crippen molar-refractivity contribution in [2.45, 2.75) is 39.5 Å². The van der Waals surface area contributed by atoms with Gasteiger partial charge in [0.2, 0.25) is 6.41 Å². The van der Waals surface area contributed by atoms with Crippen LogP contribution in [0.3, 0.4) is 0 Å². The first kappa shape index (κ1) is 21.6. The fourth-order valence-corrected chi connectivity index (χ4v) is 2.58. The maximum absolute atomic E-state index is 10.9. The second kappa shape index (κ2) is 12.9. The number of aliphatic imine (C=N–C) groups is 1. The normalized spacial score (nSPS) is 15.0. The standard InChI is InChI=1S/C14H19ClN2O.C5H12N2/c1-4-5-6-14(17(3)10-18)16-13-8-7-12(15)9-11(13)2;1-2-6-4-5-7-3-1/h7-10H,4-6H2,1-3H3;6-7H,1-5H2. The fourth-order valence-electron chi connectivity index (χ4n) is 2.36. The molecule has 1 heterocycles. The summed E-state index contributed by atoms with van der Waals surface area (Å²) >= 11 is 5.91. The molecule has 0 unspecified atom stereocenters. The summed E-state index contributed by atoms with van der Waals surface area (Å²) in [5.41, 5.74) is 1.87. The molecule has 0 atom stereocenters. The van der Waals surface area contributed by atoms with Crippen molar-refractivity contribution in [3.8, 4) is 0 Å². The summed E-state index contributed by atoms with van der Waals surface area (Å²) in [6.45, 7) is 8.73. The van der Waals surface area contributed by atoms with E-state index in [1.54, 1.807) is 7.05 Å². The number of unbranched alkanes of at least 4 members (excludes halogenated alkanes) is 1. The summed E-state index contributed by atoms with van der Waals surface area (Å²) in [6, 6.07) is 5.56. The topological polar surface area (TPSA) is 56.7 Å². The van der Waals surface area contributed by atoms with Gasteiger partial charge in [0.05, 0.1) is 5.69 Å². The van der Waals surface area contributed by atoms with Crippen molar-refractivity contribution in [2.24, 2.45) is 4.99 Å². The zero-order valence-electron chi connectivity index (χ0n) is 15.6. The third-order valence-electron chi connectivity index (χ3n) is 3.91. The molecule has 2 rings (SSSR count). The molecule has 1 saturated heterocycles. The largest absolute Gasteiger partial charge is 0.315 e. The number of carbonyl (C=O) groups excluding carboxylic acids is 1. The molecule has 1 fully saturated rings. The molecule has 1 amide bonds. The van der Waals surface area contributed by atoms with Gasteiger partial charge in [-0.2, -0.15) is 0 Å². The number of carbonyl (C=O) groups is 1. The maximum atomic E-state index is 10.9. The van der Waals surface area contributed by atoms with Gasteiger partial charge in [-0.25, -0.2) is 4.99 Å². The van der Waals surface area contributed by atoms with Crippen LogP contribution in [0.4, 0.5) is 5.69 Å². The van der Waals surface area contributed by atoms with Crippen LogP contribution in [-0.2, 0) is 4.79 Å². The van der Waals surface area contributed by atoms with E-state index in [2.05, 4.69) is 22.5 Å². The van der Waals surface area contributed by atoms with Crippen LogP contribution in [-0.4, -0.2) is 50.4 Å². The molecule has 0 saturated carbocycles. The lowest BCUT2D eigenvalue weighted by molar-refractivity contribution is -0.114. The predicted octanol–water partition coefficient (Wildman–Crippen LogP) is 3.53. The molecule has 1 aliphatic heterocycles. The average molecular weight is 367 g/mol. The number of benzene rings is 1. The van der Waals surface area contributed by atoms with Crippen molar-refractivity contribution in [3.05, 3.63) is 28.8 Å². The highest BCUT2D eigenvalue weighted by atomic mass is 35.5. The highest BCUT2D eigenvalue weighted by Crippen LogP contribution is 2.23. The van der Waals surface area contributed by atoms with E-state index in [-0.39, 0.29) is 0 Å². The van der Waals surface area contributed by atoms with E-state index < -0.39 is 0 Å². The Bertz CT molecular complexity index is 529. The molecule has 1 aliphatic rings. The minimum absolute atomic E-state index is 0.699.